The zero-order chi connectivity index (χ0) is 18.5. The first-order valence-electron chi connectivity index (χ1n) is 7.14. The highest BCUT2D eigenvalue weighted by molar-refractivity contribution is 6.34. The molecule has 1 aliphatic heterocycles. The summed E-state index contributed by atoms with van der Waals surface area (Å²) in [6, 6.07) is 1.46. The number of methoxy groups -OCH3 is 2. The van der Waals surface area contributed by atoms with E-state index in [4.69, 9.17) is 21.1 Å². The molecule has 1 aliphatic carbocycles. The third-order valence-electron chi connectivity index (χ3n) is 4.11. The lowest BCUT2D eigenvalue weighted by Gasteiger charge is -2.31. The fourth-order valence-electron chi connectivity index (χ4n) is 2.94. The van der Waals surface area contributed by atoms with Crippen LogP contribution in [0.1, 0.15) is 15.9 Å². The SMILES string of the molecule is COC(=O)C1=CC(=O)C=C(OC)C12Oc1cc(C)c(Cl)c(O)c1C2=O. The summed E-state index contributed by atoms with van der Waals surface area (Å²) in [5.41, 5.74) is -2.11. The molecule has 0 saturated carbocycles. The second-order valence-electron chi connectivity index (χ2n) is 5.51. The van der Waals surface area contributed by atoms with Crippen molar-refractivity contribution in [2.45, 2.75) is 12.5 Å². The van der Waals surface area contributed by atoms with Gasteiger partial charge in [0.1, 0.15) is 22.6 Å². The van der Waals surface area contributed by atoms with E-state index in [1.54, 1.807) is 6.92 Å². The molecular weight excluding hydrogens is 352 g/mol. The quantitative estimate of drug-likeness (QED) is 0.800. The molecule has 1 atom stereocenters. The van der Waals surface area contributed by atoms with Gasteiger partial charge in [-0.2, -0.15) is 0 Å². The Labute approximate surface area is 147 Å². The molecule has 0 aromatic heterocycles. The zero-order valence-electron chi connectivity index (χ0n) is 13.5. The van der Waals surface area contributed by atoms with Crippen molar-refractivity contribution >= 4 is 29.1 Å². The number of benzene rings is 1. The molecule has 0 bridgehead atoms. The van der Waals surface area contributed by atoms with E-state index in [0.717, 1.165) is 19.3 Å². The minimum atomic E-state index is -2.05. The van der Waals surface area contributed by atoms with Crippen LogP contribution in [-0.4, -0.2) is 42.5 Å². The largest absolute Gasteiger partial charge is 0.505 e. The molecule has 1 unspecified atom stereocenters. The molecule has 0 radical (unpaired) electrons. The Hall–Kier alpha value is -2.80. The summed E-state index contributed by atoms with van der Waals surface area (Å²) in [4.78, 5) is 37.2. The predicted octanol–water partition coefficient (Wildman–Crippen LogP) is 1.88. The van der Waals surface area contributed by atoms with Crippen molar-refractivity contribution in [1.29, 1.82) is 0 Å². The van der Waals surface area contributed by atoms with Crippen molar-refractivity contribution in [1.82, 2.24) is 0 Å². The Morgan fingerprint density at radius 2 is 1.96 bits per heavy atom. The molecule has 1 spiro atoms. The third kappa shape index (κ3) is 2.16. The van der Waals surface area contributed by atoms with Gasteiger partial charge in [-0.15, -0.1) is 0 Å². The van der Waals surface area contributed by atoms with Gasteiger partial charge in [-0.3, -0.25) is 9.59 Å². The number of phenols is 1. The Balaban J connectivity index is 2.30. The summed E-state index contributed by atoms with van der Waals surface area (Å²) < 4.78 is 15.6. The lowest BCUT2D eigenvalue weighted by molar-refractivity contribution is -0.138. The van der Waals surface area contributed by atoms with Crippen LogP contribution in [0, 0.1) is 6.92 Å². The number of rotatable bonds is 2. The van der Waals surface area contributed by atoms with Gasteiger partial charge in [0.05, 0.1) is 19.2 Å². The van der Waals surface area contributed by atoms with Gasteiger partial charge in [0.25, 0.3) is 5.60 Å². The zero-order valence-corrected chi connectivity index (χ0v) is 14.3. The van der Waals surface area contributed by atoms with Crippen molar-refractivity contribution < 1.29 is 33.7 Å². The van der Waals surface area contributed by atoms with Crippen molar-refractivity contribution in [2.24, 2.45) is 0 Å². The number of allylic oxidation sites excluding steroid dienone is 2. The summed E-state index contributed by atoms with van der Waals surface area (Å²) >= 11 is 6.01. The highest BCUT2D eigenvalue weighted by atomic mass is 35.5. The monoisotopic (exact) mass is 364 g/mol. The van der Waals surface area contributed by atoms with Gasteiger partial charge in [-0.25, -0.2) is 4.79 Å². The standard InChI is InChI=1S/C17H13ClO7/c1-7-4-10-12(14(20)13(7)18)15(21)17(25-10)9(16(22)24-3)5-8(19)6-11(17)23-2/h4-6,20H,1-3H3. The Morgan fingerprint density at radius 3 is 2.56 bits per heavy atom. The number of hydrogen-bond donors (Lipinski definition) is 1. The summed E-state index contributed by atoms with van der Waals surface area (Å²) in [5.74, 6) is -2.89. The summed E-state index contributed by atoms with van der Waals surface area (Å²) in [7, 11) is 2.34. The molecule has 2 aliphatic rings. The topological polar surface area (TPSA) is 99.1 Å². The number of phenolic OH excluding ortho intramolecular Hbond substituents is 1. The molecule has 0 fully saturated rings. The highest BCUT2D eigenvalue weighted by Crippen LogP contribution is 2.50. The van der Waals surface area contributed by atoms with E-state index in [2.05, 4.69) is 4.74 Å². The van der Waals surface area contributed by atoms with Gasteiger partial charge in [-0.05, 0) is 18.6 Å². The van der Waals surface area contributed by atoms with Crippen LogP contribution in [0.5, 0.6) is 11.5 Å². The second-order valence-corrected chi connectivity index (χ2v) is 5.88. The van der Waals surface area contributed by atoms with Crippen LogP contribution in [0.25, 0.3) is 0 Å². The highest BCUT2D eigenvalue weighted by Gasteiger charge is 2.60. The van der Waals surface area contributed by atoms with Crippen LogP contribution >= 0.6 is 11.6 Å². The second kappa shape index (κ2) is 5.63. The minimum absolute atomic E-state index is 0.00817. The number of carbonyl (C=O) groups excluding carboxylic acids is 3. The molecule has 1 heterocycles. The van der Waals surface area contributed by atoms with Crippen molar-refractivity contribution in [3.8, 4) is 11.5 Å². The Morgan fingerprint density at radius 1 is 1.28 bits per heavy atom. The molecule has 130 valence electrons. The first kappa shape index (κ1) is 17.0. The van der Waals surface area contributed by atoms with Gasteiger partial charge in [0, 0.05) is 12.2 Å². The maximum Gasteiger partial charge on any atom is 0.338 e. The average Bonchev–Trinajstić information content (AvgIpc) is 2.87. The number of esters is 1. The molecule has 0 saturated heterocycles. The lowest BCUT2D eigenvalue weighted by Crippen LogP contribution is -2.49. The van der Waals surface area contributed by atoms with Crippen LogP contribution in [0.3, 0.4) is 0 Å². The van der Waals surface area contributed by atoms with Gasteiger partial charge >= 0.3 is 5.97 Å². The van der Waals surface area contributed by atoms with Crippen molar-refractivity contribution in [3.05, 3.63) is 45.7 Å². The van der Waals surface area contributed by atoms with Crippen LogP contribution in [0.4, 0.5) is 0 Å². The number of carbonyl (C=O) groups is 3. The molecule has 25 heavy (non-hydrogen) atoms. The Bertz CT molecular complexity index is 897. The molecule has 8 heteroatoms. The van der Waals surface area contributed by atoms with E-state index in [1.807, 2.05) is 0 Å². The van der Waals surface area contributed by atoms with Crippen LogP contribution in [0.2, 0.25) is 5.02 Å². The van der Waals surface area contributed by atoms with E-state index < -0.39 is 28.9 Å². The molecule has 7 nitrogen and oxygen atoms in total. The van der Waals surface area contributed by atoms with E-state index in [1.165, 1.54) is 13.2 Å². The van der Waals surface area contributed by atoms with Gasteiger partial charge in [0.2, 0.25) is 5.78 Å². The van der Waals surface area contributed by atoms with Gasteiger partial charge < -0.3 is 19.3 Å². The first-order chi connectivity index (χ1) is 11.8. The molecule has 1 aromatic carbocycles. The number of ether oxygens (including phenoxy) is 3. The molecule has 1 aromatic rings. The molecular formula is C17H13ClO7. The maximum atomic E-state index is 13.1. The average molecular weight is 365 g/mol. The smallest absolute Gasteiger partial charge is 0.338 e. The maximum absolute atomic E-state index is 13.1. The number of ketones is 2. The predicted molar refractivity (Wildman–Crippen MR) is 85.7 cm³/mol. The number of hydrogen-bond acceptors (Lipinski definition) is 7. The van der Waals surface area contributed by atoms with E-state index in [-0.39, 0.29) is 27.7 Å². The van der Waals surface area contributed by atoms with E-state index in [0.29, 0.717) is 5.56 Å². The molecule has 1 N–H and O–H groups in total. The third-order valence-corrected chi connectivity index (χ3v) is 4.58. The fourth-order valence-corrected chi connectivity index (χ4v) is 3.09. The summed E-state index contributed by atoms with van der Waals surface area (Å²) in [6.45, 7) is 1.62. The van der Waals surface area contributed by atoms with E-state index >= 15 is 0 Å². The van der Waals surface area contributed by atoms with E-state index in [9.17, 15) is 19.5 Å². The number of aryl methyl sites for hydroxylation is 1. The van der Waals surface area contributed by atoms with Gasteiger partial charge in [-0.1, -0.05) is 11.6 Å². The van der Waals surface area contributed by atoms with Crippen molar-refractivity contribution in [2.75, 3.05) is 14.2 Å². The number of fused-ring (bicyclic) bond motifs is 1. The molecule has 3 rings (SSSR count). The van der Waals surface area contributed by atoms with Gasteiger partial charge in [0.15, 0.2) is 11.5 Å². The first-order valence-corrected chi connectivity index (χ1v) is 7.52. The summed E-state index contributed by atoms with van der Waals surface area (Å²) in [6.07, 6.45) is 1.99. The minimum Gasteiger partial charge on any atom is -0.505 e. The summed E-state index contributed by atoms with van der Waals surface area (Å²) in [5, 5.41) is 10.3. The van der Waals surface area contributed by atoms with Crippen LogP contribution in [-0.2, 0) is 19.1 Å². The van der Waals surface area contributed by atoms with Crippen LogP contribution < -0.4 is 4.74 Å². The van der Waals surface area contributed by atoms with Crippen molar-refractivity contribution in [3.63, 3.8) is 0 Å². The number of aromatic hydroxyl groups is 1. The number of halogens is 1. The lowest BCUT2D eigenvalue weighted by atomic mass is 9.81. The Kier molecular flexibility index (Phi) is 3.84. The fraction of sp³-hybridized carbons (Fsp3) is 0.235. The van der Waals surface area contributed by atoms with Crippen LogP contribution in [0.15, 0.2) is 29.6 Å². The molecule has 0 amide bonds. The number of Topliss-reactive ketones (excluding diaryl/α,β-unsaturated/α-hetero) is 1. The normalized spacial score (nSPS) is 21.4.